The standard InChI is InChI=1S/C53H38S2/c1-2-3-16-45(44-30-42(35-12-6-4-7-13-35)29-43(31-44)36-14-8-5-9-15-36)41-25-28-52-49(33-41)48-32-39(24-27-51(48)54-52)37-19-21-38(22-20-37)40-23-26-47-46-17-10-11-18-50(46)55-53(47)34-40/h2-14,16-34,36H,15H2,1H3/b3-2-,45-16?. The van der Waals surface area contributed by atoms with Crippen LogP contribution in [0.4, 0.5) is 0 Å². The van der Waals surface area contributed by atoms with Gasteiger partial charge in [0.2, 0.25) is 0 Å². The SMILES string of the molecule is C/C=C\C=C(c1cc(-c2ccccc2)cc(C2C=CC=CC2)c1)c1ccc2sc3ccc(-c4ccc(-c5ccc6c(c5)sc5ccccc56)cc4)cc3c2c1. The van der Waals surface area contributed by atoms with Crippen LogP contribution in [-0.2, 0) is 0 Å². The Morgan fingerprint density at radius 3 is 1.95 bits per heavy atom. The Bertz CT molecular complexity index is 3000. The minimum atomic E-state index is 0.358. The molecule has 1 atom stereocenters. The van der Waals surface area contributed by atoms with Gasteiger partial charge in [-0.1, -0.05) is 152 Å². The molecule has 262 valence electrons. The first-order chi connectivity index (χ1) is 27.2. The van der Waals surface area contributed by atoms with E-state index in [-0.39, 0.29) is 0 Å². The van der Waals surface area contributed by atoms with Crippen molar-refractivity contribution in [3.63, 3.8) is 0 Å². The van der Waals surface area contributed by atoms with E-state index in [0.29, 0.717) is 5.92 Å². The number of thiophene rings is 2. The van der Waals surface area contributed by atoms with E-state index < -0.39 is 0 Å². The van der Waals surface area contributed by atoms with Gasteiger partial charge in [-0.15, -0.1) is 22.7 Å². The Labute approximate surface area is 330 Å². The maximum atomic E-state index is 2.42. The molecule has 1 aliphatic rings. The zero-order valence-corrected chi connectivity index (χ0v) is 32.2. The van der Waals surface area contributed by atoms with Gasteiger partial charge < -0.3 is 0 Å². The number of rotatable bonds is 7. The second-order valence-corrected chi connectivity index (χ2v) is 16.5. The highest BCUT2D eigenvalue weighted by molar-refractivity contribution is 7.26. The molecule has 1 unspecified atom stereocenters. The molecular formula is C53H38S2. The van der Waals surface area contributed by atoms with E-state index in [1.54, 1.807) is 0 Å². The molecule has 0 bridgehead atoms. The molecule has 0 fully saturated rings. The lowest BCUT2D eigenvalue weighted by Crippen LogP contribution is -1.99. The molecule has 0 radical (unpaired) electrons. The summed E-state index contributed by atoms with van der Waals surface area (Å²) in [5.41, 5.74) is 12.5. The van der Waals surface area contributed by atoms with Crippen molar-refractivity contribution >= 4 is 68.6 Å². The summed E-state index contributed by atoms with van der Waals surface area (Å²) in [6.07, 6.45) is 16.5. The van der Waals surface area contributed by atoms with Gasteiger partial charge in [0.15, 0.2) is 0 Å². The van der Waals surface area contributed by atoms with Crippen LogP contribution in [0.2, 0.25) is 0 Å². The fourth-order valence-corrected chi connectivity index (χ4v) is 10.3. The third-order valence-corrected chi connectivity index (χ3v) is 13.2. The molecule has 7 aromatic carbocycles. The van der Waals surface area contributed by atoms with Gasteiger partial charge in [-0.3, -0.25) is 0 Å². The van der Waals surface area contributed by atoms with Gasteiger partial charge >= 0.3 is 0 Å². The Hall–Kier alpha value is -6.06. The Morgan fingerprint density at radius 2 is 1.15 bits per heavy atom. The molecule has 0 saturated heterocycles. The van der Waals surface area contributed by atoms with Gasteiger partial charge in [-0.2, -0.15) is 0 Å². The van der Waals surface area contributed by atoms with Crippen molar-refractivity contribution < 1.29 is 0 Å². The van der Waals surface area contributed by atoms with Gasteiger partial charge in [0.25, 0.3) is 0 Å². The number of hydrogen-bond acceptors (Lipinski definition) is 2. The maximum Gasteiger partial charge on any atom is 0.0361 e. The van der Waals surface area contributed by atoms with Crippen LogP contribution in [0.15, 0.2) is 194 Å². The summed E-state index contributed by atoms with van der Waals surface area (Å²) in [5.74, 6) is 0.358. The molecule has 0 saturated carbocycles. The largest absolute Gasteiger partial charge is 0.135 e. The zero-order valence-electron chi connectivity index (χ0n) is 30.6. The normalized spacial score (nSPS) is 14.6. The highest BCUT2D eigenvalue weighted by atomic mass is 32.1. The first kappa shape index (κ1) is 33.5. The third kappa shape index (κ3) is 6.38. The molecule has 0 aliphatic heterocycles. The maximum absolute atomic E-state index is 2.42. The van der Waals surface area contributed by atoms with Crippen molar-refractivity contribution in [1.82, 2.24) is 0 Å². The molecule has 0 amide bonds. The number of benzene rings is 7. The van der Waals surface area contributed by atoms with E-state index in [4.69, 9.17) is 0 Å². The van der Waals surface area contributed by atoms with Crippen molar-refractivity contribution in [2.75, 3.05) is 0 Å². The van der Waals surface area contributed by atoms with E-state index >= 15 is 0 Å². The second-order valence-electron chi connectivity index (χ2n) is 14.4. The lowest BCUT2D eigenvalue weighted by molar-refractivity contribution is 0.853. The molecular weight excluding hydrogens is 701 g/mol. The summed E-state index contributed by atoms with van der Waals surface area (Å²) in [6.45, 7) is 2.09. The highest BCUT2D eigenvalue weighted by Crippen LogP contribution is 2.41. The Balaban J connectivity index is 1.02. The fourth-order valence-electron chi connectivity index (χ4n) is 8.08. The van der Waals surface area contributed by atoms with Gasteiger partial charge in [0, 0.05) is 46.3 Å². The quantitative estimate of drug-likeness (QED) is 0.143. The molecule has 0 N–H and O–H groups in total. The predicted octanol–water partition coefficient (Wildman–Crippen LogP) is 16.0. The smallest absolute Gasteiger partial charge is 0.0361 e. The molecule has 2 heterocycles. The van der Waals surface area contributed by atoms with Crippen molar-refractivity contribution in [2.24, 2.45) is 0 Å². The molecule has 2 heteroatoms. The van der Waals surface area contributed by atoms with Crippen molar-refractivity contribution in [1.29, 1.82) is 0 Å². The summed E-state index contributed by atoms with van der Waals surface area (Å²) in [6, 6.07) is 56.7. The Morgan fingerprint density at radius 1 is 0.491 bits per heavy atom. The van der Waals surface area contributed by atoms with E-state index in [1.165, 1.54) is 96.0 Å². The predicted molar refractivity (Wildman–Crippen MR) is 243 cm³/mol. The van der Waals surface area contributed by atoms with Crippen LogP contribution in [0, 0.1) is 0 Å². The van der Waals surface area contributed by atoms with Crippen molar-refractivity contribution in [3.8, 4) is 33.4 Å². The number of fused-ring (bicyclic) bond motifs is 6. The topological polar surface area (TPSA) is 0 Å². The average molecular weight is 739 g/mol. The fraction of sp³-hybridized carbons (Fsp3) is 0.0566. The third-order valence-electron chi connectivity index (χ3n) is 10.9. The number of allylic oxidation sites excluding steroid dienone is 7. The van der Waals surface area contributed by atoms with Crippen LogP contribution in [0.3, 0.4) is 0 Å². The first-order valence-electron chi connectivity index (χ1n) is 19.0. The van der Waals surface area contributed by atoms with Crippen LogP contribution < -0.4 is 0 Å². The number of hydrogen-bond donors (Lipinski definition) is 0. The molecule has 55 heavy (non-hydrogen) atoms. The van der Waals surface area contributed by atoms with Gasteiger partial charge in [0.1, 0.15) is 0 Å². The summed E-state index contributed by atoms with van der Waals surface area (Å²) in [5, 5.41) is 5.29. The zero-order chi connectivity index (χ0) is 36.7. The average Bonchev–Trinajstić information content (AvgIpc) is 3.82. The molecule has 1 aliphatic carbocycles. The highest BCUT2D eigenvalue weighted by Gasteiger charge is 2.16. The second kappa shape index (κ2) is 14.3. The van der Waals surface area contributed by atoms with E-state index in [9.17, 15) is 0 Å². The minimum absolute atomic E-state index is 0.358. The molecule has 10 rings (SSSR count). The minimum Gasteiger partial charge on any atom is -0.135 e. The lowest BCUT2D eigenvalue weighted by atomic mass is 9.86. The van der Waals surface area contributed by atoms with Crippen LogP contribution in [0.1, 0.15) is 36.0 Å². The van der Waals surface area contributed by atoms with Crippen LogP contribution in [-0.4, -0.2) is 0 Å². The monoisotopic (exact) mass is 738 g/mol. The van der Waals surface area contributed by atoms with Crippen LogP contribution in [0.25, 0.3) is 79.3 Å². The van der Waals surface area contributed by atoms with Crippen molar-refractivity contribution in [2.45, 2.75) is 19.3 Å². The van der Waals surface area contributed by atoms with Gasteiger partial charge in [-0.05, 0) is 111 Å². The molecule has 0 nitrogen and oxygen atoms in total. The van der Waals surface area contributed by atoms with E-state index in [1.807, 2.05) is 22.7 Å². The summed E-state index contributed by atoms with van der Waals surface area (Å²) >= 11 is 3.75. The van der Waals surface area contributed by atoms with Crippen LogP contribution >= 0.6 is 22.7 Å². The summed E-state index contributed by atoms with van der Waals surface area (Å²) in [4.78, 5) is 0. The van der Waals surface area contributed by atoms with E-state index in [0.717, 1.165) is 6.42 Å². The molecule has 2 aromatic heterocycles. The first-order valence-corrected chi connectivity index (χ1v) is 20.7. The Kier molecular flexibility index (Phi) is 8.71. The molecule has 9 aromatic rings. The molecule has 0 spiro atoms. The summed E-state index contributed by atoms with van der Waals surface area (Å²) < 4.78 is 5.30. The van der Waals surface area contributed by atoms with Gasteiger partial charge in [-0.25, -0.2) is 0 Å². The summed E-state index contributed by atoms with van der Waals surface area (Å²) in [7, 11) is 0. The lowest BCUT2D eigenvalue weighted by Gasteiger charge is -2.18. The van der Waals surface area contributed by atoms with Crippen LogP contribution in [0.5, 0.6) is 0 Å². The van der Waals surface area contributed by atoms with Gasteiger partial charge in [0.05, 0.1) is 0 Å². The van der Waals surface area contributed by atoms with Crippen molar-refractivity contribution in [3.05, 3.63) is 211 Å². The van der Waals surface area contributed by atoms with E-state index in [2.05, 4.69) is 201 Å².